The summed E-state index contributed by atoms with van der Waals surface area (Å²) in [5, 5.41) is 9.40. The van der Waals surface area contributed by atoms with Crippen molar-refractivity contribution >= 4 is 28.4 Å². The van der Waals surface area contributed by atoms with Gasteiger partial charge in [-0.05, 0) is 48.7 Å². The van der Waals surface area contributed by atoms with Crippen LogP contribution in [0.2, 0.25) is 0 Å². The van der Waals surface area contributed by atoms with Crippen molar-refractivity contribution in [1.82, 2.24) is 9.88 Å². The molecule has 2 unspecified atom stereocenters. The third kappa shape index (κ3) is 2.89. The van der Waals surface area contributed by atoms with Crippen LogP contribution in [0.1, 0.15) is 6.92 Å². The van der Waals surface area contributed by atoms with Crippen molar-refractivity contribution < 1.29 is 5.11 Å². The molecule has 1 saturated heterocycles. The molecule has 1 N–H and O–H groups in total. The van der Waals surface area contributed by atoms with Crippen molar-refractivity contribution in [3.05, 3.63) is 21.9 Å². The molecular weight excluding hydrogens is 329 g/mol. The van der Waals surface area contributed by atoms with Gasteiger partial charge in [-0.25, -0.2) is 4.98 Å². The normalized spacial score (nSPS) is 26.2. The minimum Gasteiger partial charge on any atom is -0.395 e. The molecule has 0 bridgehead atoms. The second kappa shape index (κ2) is 5.49. The minimum absolute atomic E-state index is 0.194. The fourth-order valence-electron chi connectivity index (χ4n) is 2.19. The number of likely N-dealkylation sites (N-methyl/N-ethyl adjacent to an activating group) is 1. The summed E-state index contributed by atoms with van der Waals surface area (Å²) in [6.45, 7) is 4.18. The van der Waals surface area contributed by atoms with Gasteiger partial charge < -0.3 is 10.0 Å². The number of pyridine rings is 1. The van der Waals surface area contributed by atoms with Gasteiger partial charge in [0.15, 0.2) is 0 Å². The molecule has 1 aliphatic rings. The Morgan fingerprint density at radius 3 is 2.82 bits per heavy atom. The molecule has 2 rings (SSSR count). The summed E-state index contributed by atoms with van der Waals surface area (Å²) in [6.07, 6.45) is 1.88. The molecular formula is C12H18IN3O. The Bertz CT molecular complexity index is 371. The number of nitrogens with zero attached hydrogens (tertiary/aromatic N) is 3. The van der Waals surface area contributed by atoms with E-state index in [4.69, 9.17) is 0 Å². The van der Waals surface area contributed by atoms with Crippen molar-refractivity contribution in [2.75, 3.05) is 31.6 Å². The van der Waals surface area contributed by atoms with Crippen LogP contribution < -0.4 is 4.90 Å². The van der Waals surface area contributed by atoms with E-state index in [0.29, 0.717) is 6.04 Å². The highest BCUT2D eigenvalue weighted by Gasteiger charge is 2.29. The Morgan fingerprint density at radius 1 is 1.47 bits per heavy atom. The lowest BCUT2D eigenvalue weighted by molar-refractivity contribution is 0.0993. The molecule has 2 heterocycles. The molecule has 0 aromatic carbocycles. The van der Waals surface area contributed by atoms with Gasteiger partial charge in [-0.15, -0.1) is 0 Å². The number of aliphatic hydroxyl groups excluding tert-OH is 1. The number of aliphatic hydroxyl groups is 1. The molecule has 0 aliphatic carbocycles. The maximum absolute atomic E-state index is 9.40. The van der Waals surface area contributed by atoms with Gasteiger partial charge >= 0.3 is 0 Å². The standard InChI is InChI=1S/C12H18IN3O/c1-9-6-16(7-11(8-17)15(9)2)12-4-3-10(13)5-14-12/h3-5,9,11,17H,6-8H2,1-2H3. The lowest BCUT2D eigenvalue weighted by atomic mass is 10.1. The number of rotatable bonds is 2. The number of halogens is 1. The predicted molar refractivity (Wildman–Crippen MR) is 77.3 cm³/mol. The van der Waals surface area contributed by atoms with Gasteiger partial charge in [0.25, 0.3) is 0 Å². The SMILES string of the molecule is CC1CN(c2ccc(I)cn2)CC(CO)N1C. The van der Waals surface area contributed by atoms with Gasteiger partial charge in [-0.2, -0.15) is 0 Å². The minimum atomic E-state index is 0.194. The van der Waals surface area contributed by atoms with Crippen LogP contribution in [0.3, 0.4) is 0 Å². The molecule has 0 radical (unpaired) electrons. The average Bonchev–Trinajstić information content (AvgIpc) is 2.33. The van der Waals surface area contributed by atoms with Crippen LogP contribution in [0.15, 0.2) is 18.3 Å². The summed E-state index contributed by atoms with van der Waals surface area (Å²) in [4.78, 5) is 8.94. The Morgan fingerprint density at radius 2 is 2.24 bits per heavy atom. The van der Waals surface area contributed by atoms with Crippen LogP contribution in [-0.2, 0) is 0 Å². The predicted octanol–water partition coefficient (Wildman–Crippen LogP) is 1.19. The largest absolute Gasteiger partial charge is 0.395 e. The quantitative estimate of drug-likeness (QED) is 0.816. The van der Waals surface area contributed by atoms with E-state index in [9.17, 15) is 5.11 Å². The molecule has 1 aromatic rings. The lowest BCUT2D eigenvalue weighted by Crippen LogP contribution is -2.57. The zero-order chi connectivity index (χ0) is 12.4. The molecule has 1 fully saturated rings. The van der Waals surface area contributed by atoms with E-state index >= 15 is 0 Å². The Hall–Kier alpha value is -0.400. The molecule has 0 spiro atoms. The number of piperazine rings is 1. The van der Waals surface area contributed by atoms with E-state index in [1.54, 1.807) is 0 Å². The van der Waals surface area contributed by atoms with Gasteiger partial charge in [-0.1, -0.05) is 0 Å². The summed E-state index contributed by atoms with van der Waals surface area (Å²) in [5.74, 6) is 1.00. The van der Waals surface area contributed by atoms with E-state index in [0.717, 1.165) is 22.5 Å². The fraction of sp³-hybridized carbons (Fsp3) is 0.583. The highest BCUT2D eigenvalue weighted by atomic mass is 127. The van der Waals surface area contributed by atoms with E-state index < -0.39 is 0 Å². The van der Waals surface area contributed by atoms with Gasteiger partial charge in [0.05, 0.1) is 12.6 Å². The van der Waals surface area contributed by atoms with E-state index in [1.807, 2.05) is 12.3 Å². The average molecular weight is 347 g/mol. The highest BCUT2D eigenvalue weighted by Crippen LogP contribution is 2.20. The summed E-state index contributed by atoms with van der Waals surface area (Å²) in [5.41, 5.74) is 0. The Labute approximate surface area is 116 Å². The molecule has 4 nitrogen and oxygen atoms in total. The topological polar surface area (TPSA) is 39.6 Å². The molecule has 5 heteroatoms. The van der Waals surface area contributed by atoms with Gasteiger partial charge in [-0.3, -0.25) is 4.90 Å². The maximum atomic E-state index is 9.40. The van der Waals surface area contributed by atoms with Crippen molar-refractivity contribution in [3.63, 3.8) is 0 Å². The number of anilines is 1. The highest BCUT2D eigenvalue weighted by molar-refractivity contribution is 14.1. The first kappa shape index (κ1) is 13.0. The molecule has 0 saturated carbocycles. The monoisotopic (exact) mass is 347 g/mol. The summed E-state index contributed by atoms with van der Waals surface area (Å²) in [6, 6.07) is 4.75. The van der Waals surface area contributed by atoms with Crippen molar-refractivity contribution in [2.24, 2.45) is 0 Å². The lowest BCUT2D eigenvalue weighted by Gasteiger charge is -2.43. The number of hydrogen-bond donors (Lipinski definition) is 1. The third-order valence-electron chi connectivity index (χ3n) is 3.43. The summed E-state index contributed by atoms with van der Waals surface area (Å²) < 4.78 is 1.15. The molecule has 2 atom stereocenters. The number of aromatic nitrogens is 1. The second-order valence-electron chi connectivity index (χ2n) is 4.59. The molecule has 1 aliphatic heterocycles. The molecule has 0 amide bonds. The first-order chi connectivity index (χ1) is 8.11. The van der Waals surface area contributed by atoms with Crippen LogP contribution in [0, 0.1) is 3.57 Å². The van der Waals surface area contributed by atoms with Gasteiger partial charge in [0, 0.05) is 28.9 Å². The zero-order valence-corrected chi connectivity index (χ0v) is 12.3. The summed E-state index contributed by atoms with van der Waals surface area (Å²) >= 11 is 2.26. The first-order valence-electron chi connectivity index (χ1n) is 5.81. The smallest absolute Gasteiger partial charge is 0.128 e. The fourth-order valence-corrected chi connectivity index (χ4v) is 2.51. The van der Waals surface area contributed by atoms with Crippen LogP contribution in [0.25, 0.3) is 0 Å². The van der Waals surface area contributed by atoms with E-state index in [1.165, 1.54) is 0 Å². The van der Waals surface area contributed by atoms with Crippen molar-refractivity contribution in [3.8, 4) is 0 Å². The Kier molecular flexibility index (Phi) is 4.22. The van der Waals surface area contributed by atoms with Crippen LogP contribution >= 0.6 is 22.6 Å². The van der Waals surface area contributed by atoms with Gasteiger partial charge in [0.1, 0.15) is 5.82 Å². The zero-order valence-electron chi connectivity index (χ0n) is 10.2. The Balaban J connectivity index is 2.14. The van der Waals surface area contributed by atoms with E-state index in [2.05, 4.69) is 57.4 Å². The third-order valence-corrected chi connectivity index (χ3v) is 4.07. The van der Waals surface area contributed by atoms with Gasteiger partial charge in [0.2, 0.25) is 0 Å². The van der Waals surface area contributed by atoms with Crippen LogP contribution in [-0.4, -0.2) is 53.8 Å². The van der Waals surface area contributed by atoms with Crippen molar-refractivity contribution in [2.45, 2.75) is 19.0 Å². The van der Waals surface area contributed by atoms with Crippen molar-refractivity contribution in [1.29, 1.82) is 0 Å². The summed E-state index contributed by atoms with van der Waals surface area (Å²) in [7, 11) is 2.07. The molecule has 1 aromatic heterocycles. The molecule has 94 valence electrons. The van der Waals surface area contributed by atoms with E-state index in [-0.39, 0.29) is 12.6 Å². The maximum Gasteiger partial charge on any atom is 0.128 e. The second-order valence-corrected chi connectivity index (χ2v) is 5.84. The van der Waals surface area contributed by atoms with Crippen LogP contribution in [0.5, 0.6) is 0 Å². The molecule has 17 heavy (non-hydrogen) atoms. The van der Waals surface area contributed by atoms with Crippen LogP contribution in [0.4, 0.5) is 5.82 Å². The number of hydrogen-bond acceptors (Lipinski definition) is 4. The first-order valence-corrected chi connectivity index (χ1v) is 6.89.